The summed E-state index contributed by atoms with van der Waals surface area (Å²) >= 11 is 0. The molecule has 5 N–H and O–H groups in total. The van der Waals surface area contributed by atoms with Crippen LogP contribution in [0.3, 0.4) is 0 Å². The van der Waals surface area contributed by atoms with Crippen molar-refractivity contribution in [3.8, 4) is 5.75 Å². The van der Waals surface area contributed by atoms with Gasteiger partial charge in [0.1, 0.15) is 11.8 Å². The topological polar surface area (TPSA) is 154 Å². The summed E-state index contributed by atoms with van der Waals surface area (Å²) in [4.78, 5) is 34.2. The van der Waals surface area contributed by atoms with Crippen LogP contribution in [0.2, 0.25) is 0 Å². The zero-order valence-electron chi connectivity index (χ0n) is 15.0. The Morgan fingerprint density at radius 1 is 1.30 bits per heavy atom. The molecule has 1 aromatic rings. The van der Waals surface area contributed by atoms with Gasteiger partial charge in [0.15, 0.2) is 0 Å². The molecule has 0 amide bonds. The van der Waals surface area contributed by atoms with Crippen molar-refractivity contribution >= 4 is 36.3 Å². The highest BCUT2D eigenvalue weighted by Crippen LogP contribution is 2.18. The molecule has 0 aromatic heterocycles. The van der Waals surface area contributed by atoms with E-state index in [1.807, 2.05) is 0 Å². The first-order valence-corrected chi connectivity index (χ1v) is 8.87. The average molecular weight is 417 g/mol. The minimum absolute atomic E-state index is 0.0991. The van der Waals surface area contributed by atoms with Crippen molar-refractivity contribution in [2.24, 2.45) is 21.9 Å². The highest BCUT2D eigenvalue weighted by molar-refractivity contribution is 7.23. The van der Waals surface area contributed by atoms with Gasteiger partial charge in [-0.1, -0.05) is 12.1 Å². The van der Waals surface area contributed by atoms with E-state index in [0.717, 1.165) is 0 Å². The zero-order valence-corrected chi connectivity index (χ0v) is 17.1. The lowest BCUT2D eigenvalue weighted by Crippen LogP contribution is -2.32. The van der Waals surface area contributed by atoms with Crippen molar-refractivity contribution in [1.29, 1.82) is 0 Å². The Balaban J connectivity index is 0.00000210. The first kappa shape index (κ1) is 25.1. The summed E-state index contributed by atoms with van der Waals surface area (Å²) in [6.45, 7) is 0.239. The number of hydrogen-bond acceptors (Lipinski definition) is 8. The number of ether oxygens (including phenoxy) is 2. The van der Waals surface area contributed by atoms with Gasteiger partial charge in [-0.2, -0.15) is 0 Å². The van der Waals surface area contributed by atoms with Gasteiger partial charge in [-0.15, -0.1) is 0 Å². The number of carboxylic acids is 1. The number of aliphatic carboxylic acids is 1. The maximum atomic E-state index is 12.1. The normalized spacial score (nSPS) is 12.0. The lowest BCUT2D eigenvalue weighted by molar-refractivity contribution is -0.148. The van der Waals surface area contributed by atoms with Crippen LogP contribution in [0.15, 0.2) is 28.8 Å². The van der Waals surface area contributed by atoms with Crippen molar-refractivity contribution in [2.75, 3.05) is 13.7 Å². The largest absolute Gasteiger partial charge is 0.480 e. The van der Waals surface area contributed by atoms with Crippen LogP contribution >= 0.6 is 18.4 Å². The molecule has 1 rings (SSSR count). The average Bonchev–Trinajstić information content (AvgIpc) is 2.63. The molecule has 0 spiro atoms. The molecule has 0 aliphatic heterocycles. The summed E-state index contributed by atoms with van der Waals surface area (Å²) in [5, 5.41) is 8.78. The van der Waals surface area contributed by atoms with Crippen molar-refractivity contribution in [3.05, 3.63) is 29.8 Å². The van der Waals surface area contributed by atoms with Gasteiger partial charge in [-0.25, -0.2) is 0 Å². The number of carbonyl (C=O) groups is 3. The SMILES string of the molecule is COC(=O)CC(CCN)C(=O)Oc1ccc(C[C@H](N)C(=O)O)cc1.P=NP. The second-order valence-corrected chi connectivity index (χ2v) is 6.43. The highest BCUT2D eigenvalue weighted by Gasteiger charge is 2.23. The van der Waals surface area contributed by atoms with Crippen LogP contribution in [0.4, 0.5) is 0 Å². The smallest absolute Gasteiger partial charge is 0.320 e. The van der Waals surface area contributed by atoms with Crippen LogP contribution in [-0.4, -0.2) is 42.7 Å². The van der Waals surface area contributed by atoms with Crippen LogP contribution in [0.5, 0.6) is 5.75 Å². The first-order valence-electron chi connectivity index (χ1n) is 7.91. The quantitative estimate of drug-likeness (QED) is 0.307. The molecule has 150 valence electrons. The molecule has 2 unspecified atom stereocenters. The van der Waals surface area contributed by atoms with Crippen molar-refractivity contribution in [1.82, 2.24) is 0 Å². The minimum Gasteiger partial charge on any atom is -0.480 e. The Morgan fingerprint density at radius 3 is 2.30 bits per heavy atom. The summed E-state index contributed by atoms with van der Waals surface area (Å²) in [5.74, 6) is -2.55. The summed E-state index contributed by atoms with van der Waals surface area (Å²) in [7, 11) is 6.13. The Hall–Kier alpha value is -1.92. The number of carboxylic acid groups (broad SMARTS) is 1. The van der Waals surface area contributed by atoms with Gasteiger partial charge in [0.05, 0.1) is 19.4 Å². The van der Waals surface area contributed by atoms with E-state index in [4.69, 9.17) is 21.3 Å². The Labute approximate surface area is 162 Å². The molecule has 0 saturated heterocycles. The van der Waals surface area contributed by atoms with Gasteiger partial charge in [-0.3, -0.25) is 18.9 Å². The van der Waals surface area contributed by atoms with E-state index in [0.29, 0.717) is 17.7 Å². The molecule has 0 bridgehead atoms. The lowest BCUT2D eigenvalue weighted by Gasteiger charge is -2.14. The minimum atomic E-state index is -1.09. The first-order chi connectivity index (χ1) is 12.8. The maximum Gasteiger partial charge on any atom is 0.320 e. The van der Waals surface area contributed by atoms with E-state index in [2.05, 4.69) is 27.7 Å². The van der Waals surface area contributed by atoms with Gasteiger partial charge in [0.2, 0.25) is 0 Å². The number of carbonyl (C=O) groups excluding carboxylic acids is 2. The molecule has 11 heteroatoms. The molecule has 9 nitrogen and oxygen atoms in total. The fourth-order valence-corrected chi connectivity index (χ4v) is 2.02. The molecule has 0 aliphatic carbocycles. The van der Waals surface area contributed by atoms with Gasteiger partial charge in [-0.05, 0) is 55.5 Å². The number of nitrogens with two attached hydrogens (primary N) is 2. The fraction of sp³-hybridized carbons (Fsp3) is 0.438. The summed E-state index contributed by atoms with van der Waals surface area (Å²) in [6.07, 6.45) is 0.374. The highest BCUT2D eigenvalue weighted by atomic mass is 31.1. The fourth-order valence-electron chi connectivity index (χ4n) is 2.02. The number of rotatable bonds is 9. The summed E-state index contributed by atoms with van der Waals surface area (Å²) in [5.41, 5.74) is 11.6. The summed E-state index contributed by atoms with van der Waals surface area (Å²) < 4.78 is 13.0. The standard InChI is InChI=1S/C16H22N2O6.H3NP2/c1-23-14(19)9-11(6-7-17)16(22)24-12-4-2-10(3-5-12)8-13(18)15(20)21;2-1-3/h2-5,11,13H,6-9,17-18H2,1H3,(H,20,21);2H,3H2/t11?,13-;/m0./s1. The summed E-state index contributed by atoms with van der Waals surface area (Å²) in [6, 6.07) is 5.35. The Morgan fingerprint density at radius 2 is 1.85 bits per heavy atom. The molecule has 0 radical (unpaired) electrons. The number of methoxy groups -OCH3 is 1. The third-order valence-corrected chi connectivity index (χ3v) is 3.40. The molecule has 0 fully saturated rings. The van der Waals surface area contributed by atoms with Gasteiger partial charge < -0.3 is 26.0 Å². The van der Waals surface area contributed by atoms with E-state index in [1.165, 1.54) is 7.11 Å². The van der Waals surface area contributed by atoms with Crippen molar-refractivity contribution in [3.63, 3.8) is 0 Å². The molecule has 1 aromatic carbocycles. The van der Waals surface area contributed by atoms with Crippen molar-refractivity contribution < 1.29 is 29.0 Å². The molecule has 0 heterocycles. The van der Waals surface area contributed by atoms with E-state index in [-0.39, 0.29) is 19.4 Å². The monoisotopic (exact) mass is 417 g/mol. The Bertz CT molecular complexity index is 627. The predicted molar refractivity (Wildman–Crippen MR) is 106 cm³/mol. The molecule has 27 heavy (non-hydrogen) atoms. The number of esters is 2. The van der Waals surface area contributed by atoms with Crippen LogP contribution in [-0.2, 0) is 25.5 Å². The number of benzene rings is 1. The van der Waals surface area contributed by atoms with E-state index in [9.17, 15) is 14.4 Å². The lowest BCUT2D eigenvalue weighted by atomic mass is 10.0. The number of nitrogens with zero attached hydrogens (tertiary/aromatic N) is 1. The molecule has 0 aliphatic rings. The molecular weight excluding hydrogens is 392 g/mol. The van der Waals surface area contributed by atoms with Gasteiger partial charge in [0, 0.05) is 0 Å². The van der Waals surface area contributed by atoms with E-state index >= 15 is 0 Å². The van der Waals surface area contributed by atoms with Crippen molar-refractivity contribution in [2.45, 2.75) is 25.3 Å². The van der Waals surface area contributed by atoms with E-state index < -0.39 is 29.9 Å². The molecule has 3 atom stereocenters. The second-order valence-electron chi connectivity index (χ2n) is 5.40. The van der Waals surface area contributed by atoms with Crippen LogP contribution in [0.1, 0.15) is 18.4 Å². The van der Waals surface area contributed by atoms with E-state index in [1.54, 1.807) is 24.3 Å². The van der Waals surface area contributed by atoms with Crippen LogP contribution in [0, 0.1) is 5.92 Å². The maximum absolute atomic E-state index is 12.1. The third-order valence-electron chi connectivity index (χ3n) is 3.40. The van der Waals surface area contributed by atoms with Gasteiger partial charge >= 0.3 is 17.9 Å². The predicted octanol–water partition coefficient (Wildman–Crippen LogP) is 1.18. The third kappa shape index (κ3) is 10.7. The zero-order chi connectivity index (χ0) is 20.8. The van der Waals surface area contributed by atoms with Gasteiger partial charge in [0.25, 0.3) is 0 Å². The second kappa shape index (κ2) is 14.2. The number of hydrogen-bond donors (Lipinski definition) is 3. The van der Waals surface area contributed by atoms with Crippen LogP contribution in [0.25, 0.3) is 0 Å². The molecular formula is C16H25N3O6P2. The molecule has 0 saturated carbocycles. The Kier molecular flexibility index (Phi) is 13.2. The van der Waals surface area contributed by atoms with Crippen LogP contribution < -0.4 is 16.2 Å².